The third-order valence-electron chi connectivity index (χ3n) is 2.32. The minimum Gasteiger partial charge on any atom is -0.787 e. The molecule has 16 nitrogen and oxygen atoms in total. The lowest BCUT2D eigenvalue weighted by atomic mass is 10.5. The van der Waals surface area contributed by atoms with Crippen LogP contribution in [0.2, 0.25) is 0 Å². The summed E-state index contributed by atoms with van der Waals surface area (Å²) in [4.78, 5) is 7.88. The lowest BCUT2D eigenvalue weighted by molar-refractivity contribution is 0.420. The molecule has 0 fully saturated rings. The molecule has 4 heterocycles. The summed E-state index contributed by atoms with van der Waals surface area (Å²) in [6.07, 6.45) is 0. The van der Waals surface area contributed by atoms with Crippen molar-refractivity contribution >= 4 is 0 Å². The summed E-state index contributed by atoms with van der Waals surface area (Å²) < 4.78 is 9.63. The molecule has 22 heavy (non-hydrogen) atoms. The summed E-state index contributed by atoms with van der Waals surface area (Å²) in [5.41, 5.74) is 0. The van der Waals surface area contributed by atoms with E-state index in [2.05, 4.69) is 51.3 Å². The molecule has 0 atom stereocenters. The van der Waals surface area contributed by atoms with E-state index < -0.39 is 0 Å². The molecule has 0 aliphatic heterocycles. The summed E-state index contributed by atoms with van der Waals surface area (Å²) in [6.45, 7) is 0. The molecule has 4 rings (SSSR count). The molecule has 0 bridgehead atoms. The molecule has 0 radical (unpaired) electrons. The van der Waals surface area contributed by atoms with Gasteiger partial charge in [-0.25, -0.2) is 9.69 Å². The van der Waals surface area contributed by atoms with E-state index in [4.69, 9.17) is 9.05 Å². The van der Waals surface area contributed by atoms with Gasteiger partial charge in [-0.15, -0.1) is 10.2 Å². The highest BCUT2D eigenvalue weighted by atomic mass is 16.5. The smallest absolute Gasteiger partial charge is 0.297 e. The SMILES string of the molecule is [O-]n1nnnc1-c1nc(-c2noc(-c3nnnn3[O-])n2)no1. The van der Waals surface area contributed by atoms with Crippen LogP contribution in [0.1, 0.15) is 0 Å². The molecule has 0 aromatic carbocycles. The van der Waals surface area contributed by atoms with Crippen molar-refractivity contribution in [2.75, 3.05) is 0 Å². The van der Waals surface area contributed by atoms with E-state index in [1.54, 1.807) is 0 Å². The zero-order valence-corrected chi connectivity index (χ0v) is 10.00. The third-order valence-corrected chi connectivity index (χ3v) is 2.32. The molecule has 0 aliphatic carbocycles. The van der Waals surface area contributed by atoms with Gasteiger partial charge in [0.25, 0.3) is 11.8 Å². The Balaban J connectivity index is 1.69. The Morgan fingerprint density at radius 2 is 1.18 bits per heavy atom. The quantitative estimate of drug-likeness (QED) is 0.405. The van der Waals surface area contributed by atoms with Crippen LogP contribution in [0.4, 0.5) is 0 Å². The highest BCUT2D eigenvalue weighted by molar-refractivity contribution is 5.51. The predicted octanol–water partition coefficient (Wildman–Crippen LogP) is -1.88. The maximum atomic E-state index is 11.2. The van der Waals surface area contributed by atoms with Gasteiger partial charge in [-0.2, -0.15) is 9.97 Å². The molecular weight excluding hydrogens is 304 g/mol. The first-order valence-corrected chi connectivity index (χ1v) is 5.32. The minimum atomic E-state index is -0.286. The van der Waals surface area contributed by atoms with Crippen LogP contribution < -0.4 is 0 Å². The van der Waals surface area contributed by atoms with Gasteiger partial charge in [0, 0.05) is 0 Å². The topological polar surface area (TPSA) is 211 Å². The van der Waals surface area contributed by atoms with E-state index in [0.717, 1.165) is 0 Å². The number of hydrogen-bond acceptors (Lipinski definition) is 14. The van der Waals surface area contributed by atoms with E-state index in [-0.39, 0.29) is 44.8 Å². The Kier molecular flexibility index (Phi) is 2.29. The van der Waals surface area contributed by atoms with Gasteiger partial charge in [-0.3, -0.25) is 0 Å². The van der Waals surface area contributed by atoms with Gasteiger partial charge in [-0.1, -0.05) is 10.3 Å². The molecule has 0 saturated heterocycles. The molecule has 16 heteroatoms. The third kappa shape index (κ3) is 1.71. The van der Waals surface area contributed by atoms with Crippen molar-refractivity contribution < 1.29 is 9.05 Å². The molecule has 110 valence electrons. The fourth-order valence-corrected chi connectivity index (χ4v) is 1.42. The highest BCUT2D eigenvalue weighted by Crippen LogP contribution is 2.20. The van der Waals surface area contributed by atoms with Crippen LogP contribution in [0.15, 0.2) is 9.05 Å². The molecule has 4 aromatic heterocycles. The van der Waals surface area contributed by atoms with Crippen molar-refractivity contribution in [1.82, 2.24) is 61.0 Å². The fraction of sp³-hybridized carbons (Fsp3) is 0. The minimum absolute atomic E-state index is 0.102. The first-order valence-electron chi connectivity index (χ1n) is 5.32. The number of aromatic nitrogens is 12. The summed E-state index contributed by atoms with van der Waals surface area (Å²) in [7, 11) is 0. The van der Waals surface area contributed by atoms with E-state index in [9.17, 15) is 10.4 Å². The van der Waals surface area contributed by atoms with Gasteiger partial charge in [0.15, 0.2) is 0 Å². The number of hydrogen-bond donors (Lipinski definition) is 0. The number of rotatable bonds is 3. The van der Waals surface area contributed by atoms with Gasteiger partial charge in [-0.05, 0) is 20.9 Å². The van der Waals surface area contributed by atoms with Crippen molar-refractivity contribution in [2.24, 2.45) is 0 Å². The maximum Gasteiger partial charge on any atom is 0.297 e. The van der Waals surface area contributed by atoms with Crippen LogP contribution in [0.25, 0.3) is 35.1 Å². The Hall–Kier alpha value is -3.98. The van der Waals surface area contributed by atoms with Crippen molar-refractivity contribution in [3.63, 3.8) is 0 Å². The van der Waals surface area contributed by atoms with E-state index in [1.807, 2.05) is 0 Å². The van der Waals surface area contributed by atoms with Crippen molar-refractivity contribution in [3.8, 4) is 35.1 Å². The average Bonchev–Trinajstić information content (AvgIpc) is 3.23. The predicted molar refractivity (Wildman–Crippen MR) is 58.7 cm³/mol. The van der Waals surface area contributed by atoms with Crippen LogP contribution in [0.5, 0.6) is 0 Å². The Bertz CT molecular complexity index is 856. The van der Waals surface area contributed by atoms with E-state index in [1.165, 1.54) is 0 Å². The molecule has 0 saturated carbocycles. The van der Waals surface area contributed by atoms with Gasteiger partial charge < -0.3 is 19.5 Å². The maximum absolute atomic E-state index is 11.2. The summed E-state index contributed by atoms with van der Waals surface area (Å²) in [5.74, 6) is -1.28. The summed E-state index contributed by atoms with van der Waals surface area (Å²) >= 11 is 0. The van der Waals surface area contributed by atoms with Gasteiger partial charge in [0.2, 0.25) is 23.3 Å². The van der Waals surface area contributed by atoms with Gasteiger partial charge >= 0.3 is 0 Å². The van der Waals surface area contributed by atoms with Gasteiger partial charge in [0.05, 0.1) is 0 Å². The number of tetrazole rings is 2. The van der Waals surface area contributed by atoms with Crippen LogP contribution >= 0.6 is 0 Å². The van der Waals surface area contributed by atoms with Crippen molar-refractivity contribution in [1.29, 1.82) is 0 Å². The van der Waals surface area contributed by atoms with Crippen LogP contribution in [0.3, 0.4) is 0 Å². The standard InChI is InChI=1S/C6N12O4/c19-17-3(9-13-15-17)5-7-1(11-21-5)2-8-6(22-12-2)4-10-14-16-18(4)20/q-2. The zero-order valence-electron chi connectivity index (χ0n) is 10.00. The van der Waals surface area contributed by atoms with E-state index in [0.29, 0.717) is 0 Å². The van der Waals surface area contributed by atoms with Crippen molar-refractivity contribution in [3.05, 3.63) is 10.4 Å². The molecule has 0 spiro atoms. The Morgan fingerprint density at radius 3 is 1.55 bits per heavy atom. The molecular formula is C6N12O4-2. The second kappa shape index (κ2) is 4.26. The summed E-state index contributed by atoms with van der Waals surface area (Å²) in [5, 5.41) is 48.8. The molecule has 0 aliphatic rings. The first kappa shape index (κ1) is 11.8. The number of nitrogens with zero attached hydrogens (tertiary/aromatic N) is 12. The molecule has 0 amide bonds. The lowest BCUT2D eigenvalue weighted by Crippen LogP contribution is -1.93. The first-order chi connectivity index (χ1) is 10.7. The normalized spacial score (nSPS) is 11.1. The molecule has 0 N–H and O–H groups in total. The molecule has 0 unspecified atom stereocenters. The largest absolute Gasteiger partial charge is 0.787 e. The Morgan fingerprint density at radius 1 is 0.727 bits per heavy atom. The fourth-order valence-electron chi connectivity index (χ4n) is 1.42. The second-order valence-electron chi connectivity index (χ2n) is 3.60. The van der Waals surface area contributed by atoms with Crippen LogP contribution in [0, 0.1) is 10.4 Å². The van der Waals surface area contributed by atoms with Crippen LogP contribution in [-0.4, -0.2) is 61.0 Å². The van der Waals surface area contributed by atoms with Crippen LogP contribution in [-0.2, 0) is 0 Å². The second-order valence-corrected chi connectivity index (χ2v) is 3.60. The molecule has 4 aromatic rings. The zero-order chi connectivity index (χ0) is 15.1. The van der Waals surface area contributed by atoms with Crippen molar-refractivity contribution in [2.45, 2.75) is 0 Å². The summed E-state index contributed by atoms with van der Waals surface area (Å²) in [6, 6.07) is 0. The van der Waals surface area contributed by atoms with E-state index >= 15 is 0 Å². The highest BCUT2D eigenvalue weighted by Gasteiger charge is 2.20. The monoisotopic (exact) mass is 304 g/mol. The Labute approximate surface area is 116 Å². The lowest BCUT2D eigenvalue weighted by Gasteiger charge is -2.00. The average molecular weight is 304 g/mol. The van der Waals surface area contributed by atoms with Gasteiger partial charge in [0.1, 0.15) is 0 Å².